The van der Waals surface area contributed by atoms with E-state index in [4.69, 9.17) is 18.9 Å². The standard InChI is InChI=1S/C26H33NO7/c1-16(2)23(24(28)18-8-5-7-17(13-18)20-15-34-26(30)27-20)25(29)19-9-10-21(32-4)22(14-19)33-12-6-11-31-3/h5,7-10,13-14,16,20,23,25,29H,6,11-12,15H2,1-4H3,(H,27,30)/t20-,23+,25?/m0/s1. The first-order chi connectivity index (χ1) is 16.3. The Bertz CT molecular complexity index is 991. The highest BCUT2D eigenvalue weighted by Crippen LogP contribution is 2.36. The average Bonchev–Trinajstić information content (AvgIpc) is 3.28. The minimum atomic E-state index is -1.04. The predicted molar refractivity (Wildman–Crippen MR) is 126 cm³/mol. The van der Waals surface area contributed by atoms with Gasteiger partial charge in [0.15, 0.2) is 17.3 Å². The lowest BCUT2D eigenvalue weighted by Gasteiger charge is -2.26. The van der Waals surface area contributed by atoms with Gasteiger partial charge in [-0.1, -0.05) is 38.1 Å². The van der Waals surface area contributed by atoms with Crippen LogP contribution in [0.25, 0.3) is 0 Å². The Hall–Kier alpha value is -3.10. The molecule has 2 aromatic rings. The molecule has 0 radical (unpaired) electrons. The second-order valence-electron chi connectivity index (χ2n) is 8.60. The van der Waals surface area contributed by atoms with Crippen molar-refractivity contribution in [1.82, 2.24) is 5.32 Å². The second kappa shape index (κ2) is 11.9. The molecule has 8 heteroatoms. The largest absolute Gasteiger partial charge is 0.493 e. The Morgan fingerprint density at radius 3 is 2.59 bits per heavy atom. The molecule has 0 aliphatic carbocycles. The number of rotatable bonds is 12. The molecule has 1 heterocycles. The van der Waals surface area contributed by atoms with Crippen LogP contribution in [0.3, 0.4) is 0 Å². The number of Topliss-reactive ketones (excluding diaryl/α,β-unsaturated/α-hetero) is 1. The van der Waals surface area contributed by atoms with Crippen molar-refractivity contribution in [3.8, 4) is 11.5 Å². The van der Waals surface area contributed by atoms with Crippen LogP contribution >= 0.6 is 0 Å². The van der Waals surface area contributed by atoms with Crippen molar-refractivity contribution in [3.63, 3.8) is 0 Å². The molecule has 34 heavy (non-hydrogen) atoms. The summed E-state index contributed by atoms with van der Waals surface area (Å²) in [7, 11) is 3.19. The number of carbonyl (C=O) groups excluding carboxylic acids is 2. The highest BCUT2D eigenvalue weighted by Gasteiger charge is 2.33. The molecule has 1 unspecified atom stereocenters. The molecule has 1 fully saturated rings. The van der Waals surface area contributed by atoms with Crippen LogP contribution < -0.4 is 14.8 Å². The number of hydrogen-bond donors (Lipinski definition) is 2. The minimum absolute atomic E-state index is 0.131. The molecule has 0 spiro atoms. The fourth-order valence-corrected chi connectivity index (χ4v) is 4.06. The van der Waals surface area contributed by atoms with Crippen molar-refractivity contribution in [2.45, 2.75) is 32.4 Å². The molecule has 2 aromatic carbocycles. The number of ether oxygens (including phenoxy) is 4. The lowest BCUT2D eigenvalue weighted by molar-refractivity contribution is 0.0561. The van der Waals surface area contributed by atoms with Gasteiger partial charge in [-0.15, -0.1) is 0 Å². The summed E-state index contributed by atoms with van der Waals surface area (Å²) >= 11 is 0. The zero-order valence-electron chi connectivity index (χ0n) is 20.1. The number of aliphatic hydroxyl groups excluding tert-OH is 1. The van der Waals surface area contributed by atoms with Crippen LogP contribution in [0.15, 0.2) is 42.5 Å². The van der Waals surface area contributed by atoms with Crippen molar-refractivity contribution in [2.24, 2.45) is 11.8 Å². The van der Waals surface area contributed by atoms with Crippen LogP contribution in [-0.2, 0) is 9.47 Å². The first-order valence-electron chi connectivity index (χ1n) is 11.4. The Kier molecular flexibility index (Phi) is 8.90. The summed E-state index contributed by atoms with van der Waals surface area (Å²) in [6, 6.07) is 12.0. The fourth-order valence-electron chi connectivity index (χ4n) is 4.06. The molecule has 0 saturated carbocycles. The maximum atomic E-state index is 13.5. The lowest BCUT2D eigenvalue weighted by Crippen LogP contribution is -2.28. The summed E-state index contributed by atoms with van der Waals surface area (Å²) < 4.78 is 21.3. The predicted octanol–water partition coefficient (Wildman–Crippen LogP) is 4.08. The summed E-state index contributed by atoms with van der Waals surface area (Å²) in [5, 5.41) is 14.0. The van der Waals surface area contributed by atoms with Gasteiger partial charge in [0.1, 0.15) is 6.61 Å². The van der Waals surface area contributed by atoms with Gasteiger partial charge < -0.3 is 29.4 Å². The molecular weight excluding hydrogens is 438 g/mol. The van der Waals surface area contributed by atoms with E-state index in [0.717, 1.165) is 5.56 Å². The van der Waals surface area contributed by atoms with E-state index < -0.39 is 18.1 Å². The van der Waals surface area contributed by atoms with Crippen molar-refractivity contribution < 1.29 is 33.6 Å². The number of nitrogens with one attached hydrogen (secondary N) is 1. The van der Waals surface area contributed by atoms with Crippen molar-refractivity contribution in [1.29, 1.82) is 0 Å². The van der Waals surface area contributed by atoms with Crippen LogP contribution in [0.4, 0.5) is 4.79 Å². The van der Waals surface area contributed by atoms with Crippen LogP contribution in [0.2, 0.25) is 0 Å². The van der Waals surface area contributed by atoms with E-state index in [2.05, 4.69) is 5.32 Å². The van der Waals surface area contributed by atoms with Gasteiger partial charge in [-0.3, -0.25) is 4.79 Å². The maximum absolute atomic E-state index is 13.5. The molecule has 1 amide bonds. The van der Waals surface area contributed by atoms with E-state index in [-0.39, 0.29) is 24.3 Å². The molecule has 8 nitrogen and oxygen atoms in total. The van der Waals surface area contributed by atoms with E-state index in [0.29, 0.717) is 42.3 Å². The SMILES string of the molecule is COCCCOc1cc(C(O)[C@@H](C(=O)c2cccc([C@@H]3COC(=O)N3)c2)C(C)C)ccc1OC. The van der Waals surface area contributed by atoms with Crippen LogP contribution in [-0.4, -0.2) is 51.0 Å². The number of cyclic esters (lactones) is 1. The number of ketones is 1. The van der Waals surface area contributed by atoms with Gasteiger partial charge in [-0.25, -0.2) is 4.79 Å². The zero-order valence-corrected chi connectivity index (χ0v) is 20.1. The van der Waals surface area contributed by atoms with Crippen molar-refractivity contribution in [2.75, 3.05) is 34.0 Å². The number of methoxy groups -OCH3 is 2. The number of benzene rings is 2. The summed E-state index contributed by atoms with van der Waals surface area (Å²) in [5.74, 6) is 0.0691. The Labute approximate surface area is 200 Å². The minimum Gasteiger partial charge on any atom is -0.493 e. The molecule has 3 atom stereocenters. The molecule has 1 aliphatic heterocycles. The van der Waals surface area contributed by atoms with Crippen molar-refractivity contribution in [3.05, 3.63) is 59.2 Å². The van der Waals surface area contributed by atoms with Gasteiger partial charge >= 0.3 is 6.09 Å². The van der Waals surface area contributed by atoms with E-state index in [1.54, 1.807) is 50.6 Å². The first kappa shape index (κ1) is 25.5. The molecular formula is C26H33NO7. The van der Waals surface area contributed by atoms with Gasteiger partial charge in [0, 0.05) is 25.7 Å². The van der Waals surface area contributed by atoms with Crippen LogP contribution in [0.5, 0.6) is 11.5 Å². The highest BCUT2D eigenvalue weighted by molar-refractivity contribution is 5.98. The summed E-state index contributed by atoms with van der Waals surface area (Å²) in [6.07, 6.45) is -0.808. The number of aliphatic hydroxyl groups is 1. The monoisotopic (exact) mass is 471 g/mol. The summed E-state index contributed by atoms with van der Waals surface area (Å²) in [4.78, 5) is 24.9. The Morgan fingerprint density at radius 2 is 1.94 bits per heavy atom. The van der Waals surface area contributed by atoms with Crippen LogP contribution in [0.1, 0.15) is 53.9 Å². The smallest absolute Gasteiger partial charge is 0.407 e. The molecule has 3 rings (SSSR count). The van der Waals surface area contributed by atoms with E-state index in [9.17, 15) is 14.7 Å². The van der Waals surface area contributed by atoms with Gasteiger partial charge in [-0.05, 0) is 35.2 Å². The number of carbonyl (C=O) groups is 2. The third-order valence-electron chi connectivity index (χ3n) is 5.89. The average molecular weight is 472 g/mol. The Morgan fingerprint density at radius 1 is 1.15 bits per heavy atom. The quantitative estimate of drug-likeness (QED) is 0.355. The van der Waals surface area contributed by atoms with E-state index >= 15 is 0 Å². The normalized spacial score (nSPS) is 17.1. The molecule has 184 valence electrons. The lowest BCUT2D eigenvalue weighted by atomic mass is 9.80. The second-order valence-corrected chi connectivity index (χ2v) is 8.60. The number of amides is 1. The summed E-state index contributed by atoms with van der Waals surface area (Å²) in [5.41, 5.74) is 1.83. The third-order valence-corrected chi connectivity index (χ3v) is 5.89. The van der Waals surface area contributed by atoms with Gasteiger partial charge in [0.05, 0.1) is 31.8 Å². The molecule has 1 aliphatic rings. The Balaban J connectivity index is 1.83. The van der Waals surface area contributed by atoms with Gasteiger partial charge in [0.2, 0.25) is 0 Å². The summed E-state index contributed by atoms with van der Waals surface area (Å²) in [6.45, 7) is 5.04. The van der Waals surface area contributed by atoms with Crippen molar-refractivity contribution >= 4 is 11.9 Å². The molecule has 0 aromatic heterocycles. The molecule has 2 N–H and O–H groups in total. The topological polar surface area (TPSA) is 103 Å². The van der Waals surface area contributed by atoms with Gasteiger partial charge in [0.25, 0.3) is 0 Å². The maximum Gasteiger partial charge on any atom is 0.407 e. The molecule has 0 bridgehead atoms. The number of hydrogen-bond acceptors (Lipinski definition) is 7. The highest BCUT2D eigenvalue weighted by atomic mass is 16.6. The van der Waals surface area contributed by atoms with E-state index in [1.165, 1.54) is 0 Å². The van der Waals surface area contributed by atoms with Gasteiger partial charge in [-0.2, -0.15) is 0 Å². The third kappa shape index (κ3) is 6.07. The van der Waals surface area contributed by atoms with Crippen LogP contribution in [0, 0.1) is 11.8 Å². The molecule has 1 saturated heterocycles. The number of alkyl carbamates (subject to hydrolysis) is 1. The fraction of sp³-hybridized carbons (Fsp3) is 0.462. The first-order valence-corrected chi connectivity index (χ1v) is 11.4. The van der Waals surface area contributed by atoms with E-state index in [1.807, 2.05) is 19.9 Å². The zero-order chi connectivity index (χ0) is 24.7.